The molecule has 2 nitrogen and oxygen atoms in total. The van der Waals surface area contributed by atoms with Gasteiger partial charge in [0.05, 0.1) is 0 Å². The lowest BCUT2D eigenvalue weighted by Crippen LogP contribution is -2.24. The SMILES string of the molecule is CNCCCN(C)CC1CC1. The number of hydrogen-bond donors (Lipinski definition) is 1. The van der Waals surface area contributed by atoms with Gasteiger partial charge in [0.15, 0.2) is 0 Å². The molecule has 0 unspecified atom stereocenters. The lowest BCUT2D eigenvalue weighted by atomic mass is 10.3. The third kappa shape index (κ3) is 4.38. The van der Waals surface area contributed by atoms with E-state index in [1.54, 1.807) is 0 Å². The van der Waals surface area contributed by atoms with Crippen LogP contribution in [0.25, 0.3) is 0 Å². The molecule has 0 bridgehead atoms. The Labute approximate surface area is 70.0 Å². The van der Waals surface area contributed by atoms with Crippen molar-refractivity contribution in [1.29, 1.82) is 0 Å². The molecule has 1 saturated carbocycles. The molecule has 1 fully saturated rings. The first-order valence-corrected chi connectivity index (χ1v) is 4.66. The average molecular weight is 156 g/mol. The van der Waals surface area contributed by atoms with Crippen LogP contribution < -0.4 is 5.32 Å². The minimum Gasteiger partial charge on any atom is -0.320 e. The smallest absolute Gasteiger partial charge is 0.000662 e. The first kappa shape index (κ1) is 9.01. The van der Waals surface area contributed by atoms with Gasteiger partial charge in [-0.15, -0.1) is 0 Å². The summed E-state index contributed by atoms with van der Waals surface area (Å²) in [6, 6.07) is 0. The van der Waals surface area contributed by atoms with E-state index in [9.17, 15) is 0 Å². The first-order chi connectivity index (χ1) is 5.33. The van der Waals surface area contributed by atoms with Gasteiger partial charge in [0.1, 0.15) is 0 Å². The highest BCUT2D eigenvalue weighted by atomic mass is 15.1. The van der Waals surface area contributed by atoms with E-state index >= 15 is 0 Å². The quantitative estimate of drug-likeness (QED) is 0.576. The molecular weight excluding hydrogens is 136 g/mol. The van der Waals surface area contributed by atoms with Gasteiger partial charge in [0.25, 0.3) is 0 Å². The summed E-state index contributed by atoms with van der Waals surface area (Å²) in [6.45, 7) is 3.72. The van der Waals surface area contributed by atoms with Crippen molar-refractivity contribution in [1.82, 2.24) is 10.2 Å². The van der Waals surface area contributed by atoms with Gasteiger partial charge in [-0.1, -0.05) is 0 Å². The number of hydrogen-bond acceptors (Lipinski definition) is 2. The monoisotopic (exact) mass is 156 g/mol. The zero-order chi connectivity index (χ0) is 8.10. The molecule has 1 N–H and O–H groups in total. The van der Waals surface area contributed by atoms with Crippen LogP contribution >= 0.6 is 0 Å². The Bertz CT molecular complexity index is 99.7. The molecule has 0 aromatic heterocycles. The van der Waals surface area contributed by atoms with Crippen molar-refractivity contribution in [3.8, 4) is 0 Å². The largest absolute Gasteiger partial charge is 0.320 e. The summed E-state index contributed by atoms with van der Waals surface area (Å²) in [5, 5.41) is 3.17. The van der Waals surface area contributed by atoms with Crippen LogP contribution in [0.3, 0.4) is 0 Å². The van der Waals surface area contributed by atoms with Crippen LogP contribution in [0.4, 0.5) is 0 Å². The Morgan fingerprint density at radius 1 is 1.45 bits per heavy atom. The van der Waals surface area contributed by atoms with Crippen molar-refractivity contribution in [2.24, 2.45) is 5.92 Å². The predicted octanol–water partition coefficient (Wildman–Crippen LogP) is 0.938. The van der Waals surface area contributed by atoms with E-state index in [0.717, 1.165) is 12.5 Å². The minimum atomic E-state index is 1.04. The highest BCUT2D eigenvalue weighted by molar-refractivity contribution is 4.75. The van der Waals surface area contributed by atoms with E-state index in [0.29, 0.717) is 0 Å². The molecule has 1 aliphatic carbocycles. The van der Waals surface area contributed by atoms with Crippen LogP contribution in [0.15, 0.2) is 0 Å². The number of rotatable bonds is 6. The molecule has 0 heterocycles. The minimum absolute atomic E-state index is 1.04. The fourth-order valence-corrected chi connectivity index (χ4v) is 1.36. The van der Waals surface area contributed by atoms with Gasteiger partial charge >= 0.3 is 0 Å². The molecule has 2 heteroatoms. The van der Waals surface area contributed by atoms with E-state index in [4.69, 9.17) is 0 Å². The molecule has 0 spiro atoms. The van der Waals surface area contributed by atoms with Gasteiger partial charge in [-0.25, -0.2) is 0 Å². The van der Waals surface area contributed by atoms with Crippen molar-refractivity contribution >= 4 is 0 Å². The summed E-state index contributed by atoms with van der Waals surface area (Å²) in [4.78, 5) is 2.45. The summed E-state index contributed by atoms with van der Waals surface area (Å²) in [6.07, 6.45) is 4.21. The van der Waals surface area contributed by atoms with Crippen LogP contribution in [0.2, 0.25) is 0 Å². The molecule has 66 valence electrons. The molecule has 1 rings (SSSR count). The van der Waals surface area contributed by atoms with E-state index in [2.05, 4.69) is 17.3 Å². The first-order valence-electron chi connectivity index (χ1n) is 4.66. The van der Waals surface area contributed by atoms with Crippen molar-refractivity contribution in [2.75, 3.05) is 33.7 Å². The normalized spacial score (nSPS) is 17.7. The highest BCUT2D eigenvalue weighted by Crippen LogP contribution is 2.29. The molecule has 0 saturated heterocycles. The summed E-state index contributed by atoms with van der Waals surface area (Å²) < 4.78 is 0. The van der Waals surface area contributed by atoms with E-state index < -0.39 is 0 Å². The lowest BCUT2D eigenvalue weighted by Gasteiger charge is -2.15. The van der Waals surface area contributed by atoms with Gasteiger partial charge in [-0.05, 0) is 52.4 Å². The fraction of sp³-hybridized carbons (Fsp3) is 1.00. The van der Waals surface area contributed by atoms with Gasteiger partial charge < -0.3 is 10.2 Å². The van der Waals surface area contributed by atoms with E-state index in [-0.39, 0.29) is 0 Å². The summed E-state index contributed by atoms with van der Waals surface area (Å²) in [5.74, 6) is 1.04. The lowest BCUT2D eigenvalue weighted by molar-refractivity contribution is 0.315. The third-order valence-corrected chi connectivity index (χ3v) is 2.23. The zero-order valence-corrected chi connectivity index (χ0v) is 7.77. The Kier molecular flexibility index (Phi) is 3.87. The second kappa shape index (κ2) is 4.73. The molecule has 0 aromatic carbocycles. The predicted molar refractivity (Wildman–Crippen MR) is 48.8 cm³/mol. The Morgan fingerprint density at radius 3 is 2.73 bits per heavy atom. The van der Waals surface area contributed by atoms with Crippen LogP contribution in [-0.2, 0) is 0 Å². The molecule has 11 heavy (non-hydrogen) atoms. The molecule has 0 aromatic rings. The zero-order valence-electron chi connectivity index (χ0n) is 7.77. The third-order valence-electron chi connectivity index (χ3n) is 2.23. The molecule has 0 amide bonds. The summed E-state index contributed by atoms with van der Waals surface area (Å²) >= 11 is 0. The van der Waals surface area contributed by atoms with Crippen molar-refractivity contribution in [3.63, 3.8) is 0 Å². The Morgan fingerprint density at radius 2 is 2.18 bits per heavy atom. The second-order valence-electron chi connectivity index (χ2n) is 3.66. The Balaban J connectivity index is 1.87. The van der Waals surface area contributed by atoms with E-state index in [1.807, 2.05) is 7.05 Å². The topological polar surface area (TPSA) is 15.3 Å². The maximum atomic E-state index is 3.17. The van der Waals surface area contributed by atoms with E-state index in [1.165, 1.54) is 32.4 Å². The van der Waals surface area contributed by atoms with Crippen molar-refractivity contribution < 1.29 is 0 Å². The Hall–Kier alpha value is -0.0800. The van der Waals surface area contributed by atoms with Crippen molar-refractivity contribution in [3.05, 3.63) is 0 Å². The average Bonchev–Trinajstić information content (AvgIpc) is 2.72. The van der Waals surface area contributed by atoms with Gasteiger partial charge in [0.2, 0.25) is 0 Å². The second-order valence-corrected chi connectivity index (χ2v) is 3.66. The standard InChI is InChI=1S/C9H20N2/c1-10-6-3-7-11(2)8-9-4-5-9/h9-10H,3-8H2,1-2H3. The highest BCUT2D eigenvalue weighted by Gasteiger charge is 2.22. The molecular formula is C9H20N2. The molecule has 0 aliphatic heterocycles. The van der Waals surface area contributed by atoms with Crippen LogP contribution in [0.1, 0.15) is 19.3 Å². The van der Waals surface area contributed by atoms with Crippen LogP contribution in [-0.4, -0.2) is 38.6 Å². The molecule has 0 radical (unpaired) electrons. The maximum Gasteiger partial charge on any atom is 0.000662 e. The number of nitrogens with one attached hydrogen (secondary N) is 1. The molecule has 0 atom stereocenters. The summed E-state index contributed by atoms with van der Waals surface area (Å²) in [7, 11) is 4.24. The van der Waals surface area contributed by atoms with Gasteiger partial charge in [0, 0.05) is 6.54 Å². The van der Waals surface area contributed by atoms with Crippen molar-refractivity contribution in [2.45, 2.75) is 19.3 Å². The van der Waals surface area contributed by atoms with Gasteiger partial charge in [-0.2, -0.15) is 0 Å². The number of nitrogens with zero attached hydrogens (tertiary/aromatic N) is 1. The van der Waals surface area contributed by atoms with Gasteiger partial charge in [-0.3, -0.25) is 0 Å². The fourth-order valence-electron chi connectivity index (χ4n) is 1.36. The molecule has 1 aliphatic rings. The van der Waals surface area contributed by atoms with Crippen LogP contribution in [0, 0.1) is 5.92 Å². The van der Waals surface area contributed by atoms with Crippen LogP contribution in [0.5, 0.6) is 0 Å². The maximum absolute atomic E-state index is 3.17. The summed E-state index contributed by atoms with van der Waals surface area (Å²) in [5.41, 5.74) is 0.